The summed E-state index contributed by atoms with van der Waals surface area (Å²) in [5.74, 6) is -0.371. The molecule has 0 bridgehead atoms. The van der Waals surface area contributed by atoms with Crippen LogP contribution in [0.2, 0.25) is 0 Å². The normalized spacial score (nSPS) is 9.76. The van der Waals surface area contributed by atoms with Gasteiger partial charge in [-0.25, -0.2) is 4.79 Å². The van der Waals surface area contributed by atoms with Crippen LogP contribution in [-0.2, 0) is 14.3 Å². The minimum atomic E-state index is -0.390. The number of unbranched alkanes of at least 4 members (excludes halogenated alkanes) is 1. The quantitative estimate of drug-likeness (QED) is 0.355. The molecule has 0 saturated carbocycles. The van der Waals surface area contributed by atoms with E-state index in [1.807, 2.05) is 0 Å². The van der Waals surface area contributed by atoms with Gasteiger partial charge in [-0.1, -0.05) is 6.58 Å². The van der Waals surface area contributed by atoms with Crippen molar-refractivity contribution in [2.75, 3.05) is 19.7 Å². The highest BCUT2D eigenvalue weighted by Gasteiger charge is 2.03. The summed E-state index contributed by atoms with van der Waals surface area (Å²) in [5, 5.41) is 2.75. The van der Waals surface area contributed by atoms with Crippen LogP contribution >= 0.6 is 0 Å². The summed E-state index contributed by atoms with van der Waals surface area (Å²) in [7, 11) is 0. The van der Waals surface area contributed by atoms with Crippen molar-refractivity contribution in [2.24, 2.45) is 5.73 Å². The second-order valence-electron chi connectivity index (χ2n) is 3.87. The molecule has 0 aliphatic rings. The van der Waals surface area contributed by atoms with Crippen LogP contribution in [0, 0.1) is 0 Å². The van der Waals surface area contributed by atoms with Crippen molar-refractivity contribution in [3.8, 4) is 0 Å². The van der Waals surface area contributed by atoms with E-state index in [1.54, 1.807) is 6.92 Å². The van der Waals surface area contributed by atoms with E-state index in [9.17, 15) is 9.59 Å². The molecule has 0 aliphatic carbocycles. The fourth-order valence-corrected chi connectivity index (χ4v) is 1.11. The van der Waals surface area contributed by atoms with Gasteiger partial charge >= 0.3 is 5.97 Å². The number of esters is 1. The Kier molecular flexibility index (Phi) is 9.05. The SMILES string of the molecule is C=C(C)C(=O)OCCCNC(=O)CCCCN. The van der Waals surface area contributed by atoms with Crippen molar-refractivity contribution in [2.45, 2.75) is 32.6 Å². The monoisotopic (exact) mass is 242 g/mol. The van der Waals surface area contributed by atoms with Gasteiger partial charge in [-0.05, 0) is 32.7 Å². The summed E-state index contributed by atoms with van der Waals surface area (Å²) in [4.78, 5) is 22.2. The Hall–Kier alpha value is -1.36. The lowest BCUT2D eigenvalue weighted by Crippen LogP contribution is -2.25. The highest BCUT2D eigenvalue weighted by Crippen LogP contribution is 1.94. The van der Waals surface area contributed by atoms with E-state index in [0.29, 0.717) is 38.1 Å². The second-order valence-corrected chi connectivity index (χ2v) is 3.87. The summed E-state index contributed by atoms with van der Waals surface area (Å²) >= 11 is 0. The van der Waals surface area contributed by atoms with Crippen molar-refractivity contribution in [3.63, 3.8) is 0 Å². The van der Waals surface area contributed by atoms with Crippen molar-refractivity contribution >= 4 is 11.9 Å². The number of amides is 1. The average Bonchev–Trinajstić information content (AvgIpc) is 2.28. The molecule has 5 heteroatoms. The van der Waals surface area contributed by atoms with Crippen LogP contribution in [-0.4, -0.2) is 31.6 Å². The van der Waals surface area contributed by atoms with Gasteiger partial charge in [0.25, 0.3) is 0 Å². The van der Waals surface area contributed by atoms with Gasteiger partial charge in [0.15, 0.2) is 0 Å². The minimum absolute atomic E-state index is 0.0182. The molecule has 0 atom stereocenters. The molecular formula is C12H22N2O3. The molecule has 98 valence electrons. The van der Waals surface area contributed by atoms with Gasteiger partial charge in [0.1, 0.15) is 0 Å². The van der Waals surface area contributed by atoms with Gasteiger partial charge in [-0.3, -0.25) is 4.79 Å². The van der Waals surface area contributed by atoms with Crippen LogP contribution in [0.15, 0.2) is 12.2 Å². The zero-order valence-corrected chi connectivity index (χ0v) is 10.5. The molecule has 5 nitrogen and oxygen atoms in total. The van der Waals surface area contributed by atoms with E-state index in [4.69, 9.17) is 10.5 Å². The van der Waals surface area contributed by atoms with E-state index in [0.717, 1.165) is 12.8 Å². The van der Waals surface area contributed by atoms with E-state index in [2.05, 4.69) is 11.9 Å². The Morgan fingerprint density at radius 3 is 2.59 bits per heavy atom. The fraction of sp³-hybridized carbons (Fsp3) is 0.667. The minimum Gasteiger partial charge on any atom is -0.462 e. The molecule has 0 aromatic rings. The predicted molar refractivity (Wildman–Crippen MR) is 66.3 cm³/mol. The zero-order valence-electron chi connectivity index (χ0n) is 10.5. The molecule has 0 aliphatic heterocycles. The Balaban J connectivity index is 3.36. The van der Waals surface area contributed by atoms with Crippen molar-refractivity contribution in [3.05, 3.63) is 12.2 Å². The first kappa shape index (κ1) is 15.6. The van der Waals surface area contributed by atoms with Gasteiger partial charge in [0.05, 0.1) is 6.61 Å². The molecule has 0 heterocycles. The van der Waals surface area contributed by atoms with Gasteiger partial charge in [0.2, 0.25) is 5.91 Å². The molecule has 0 spiro atoms. The summed E-state index contributed by atoms with van der Waals surface area (Å²) in [6.45, 7) is 6.50. The molecule has 0 radical (unpaired) electrons. The fourth-order valence-electron chi connectivity index (χ4n) is 1.11. The Bertz CT molecular complexity index is 264. The number of nitrogens with one attached hydrogen (secondary N) is 1. The lowest BCUT2D eigenvalue weighted by atomic mass is 10.2. The summed E-state index contributed by atoms with van der Waals surface area (Å²) in [5.41, 5.74) is 5.70. The molecule has 0 aromatic heterocycles. The second kappa shape index (κ2) is 9.84. The average molecular weight is 242 g/mol. The van der Waals surface area contributed by atoms with Crippen LogP contribution in [0.1, 0.15) is 32.6 Å². The number of rotatable bonds is 9. The Morgan fingerprint density at radius 2 is 2.00 bits per heavy atom. The summed E-state index contributed by atoms with van der Waals surface area (Å²) in [6.07, 6.45) is 2.79. The topological polar surface area (TPSA) is 81.4 Å². The maximum Gasteiger partial charge on any atom is 0.333 e. The molecule has 17 heavy (non-hydrogen) atoms. The van der Waals surface area contributed by atoms with Crippen LogP contribution in [0.25, 0.3) is 0 Å². The van der Waals surface area contributed by atoms with E-state index >= 15 is 0 Å². The van der Waals surface area contributed by atoms with Gasteiger partial charge in [-0.2, -0.15) is 0 Å². The van der Waals surface area contributed by atoms with Crippen LogP contribution in [0.3, 0.4) is 0 Å². The van der Waals surface area contributed by atoms with E-state index in [-0.39, 0.29) is 11.9 Å². The van der Waals surface area contributed by atoms with Gasteiger partial charge in [0, 0.05) is 18.5 Å². The highest BCUT2D eigenvalue weighted by molar-refractivity contribution is 5.86. The lowest BCUT2D eigenvalue weighted by molar-refractivity contribution is -0.138. The van der Waals surface area contributed by atoms with E-state index in [1.165, 1.54) is 0 Å². The summed E-state index contributed by atoms with van der Waals surface area (Å²) in [6, 6.07) is 0. The molecule has 0 unspecified atom stereocenters. The Labute approximate surface area is 102 Å². The molecule has 0 fully saturated rings. The standard InChI is InChI=1S/C12H22N2O3/c1-10(2)12(16)17-9-5-8-14-11(15)6-3-4-7-13/h1,3-9,13H2,2H3,(H,14,15). The first-order valence-corrected chi connectivity index (χ1v) is 5.87. The summed E-state index contributed by atoms with van der Waals surface area (Å²) < 4.78 is 4.88. The highest BCUT2D eigenvalue weighted by atomic mass is 16.5. The van der Waals surface area contributed by atoms with Crippen LogP contribution in [0.5, 0.6) is 0 Å². The van der Waals surface area contributed by atoms with Crippen molar-refractivity contribution < 1.29 is 14.3 Å². The number of carbonyl (C=O) groups is 2. The van der Waals surface area contributed by atoms with Crippen LogP contribution in [0.4, 0.5) is 0 Å². The van der Waals surface area contributed by atoms with Crippen molar-refractivity contribution in [1.82, 2.24) is 5.32 Å². The number of hydrogen-bond donors (Lipinski definition) is 2. The van der Waals surface area contributed by atoms with Crippen molar-refractivity contribution in [1.29, 1.82) is 0 Å². The largest absolute Gasteiger partial charge is 0.462 e. The van der Waals surface area contributed by atoms with Gasteiger partial charge in [-0.15, -0.1) is 0 Å². The predicted octanol–water partition coefficient (Wildman–Crippen LogP) is 0.741. The lowest BCUT2D eigenvalue weighted by Gasteiger charge is -2.06. The number of carbonyl (C=O) groups excluding carboxylic acids is 2. The molecule has 0 aromatic carbocycles. The third kappa shape index (κ3) is 9.56. The smallest absolute Gasteiger partial charge is 0.333 e. The third-order valence-electron chi connectivity index (χ3n) is 2.08. The Morgan fingerprint density at radius 1 is 1.29 bits per heavy atom. The molecular weight excluding hydrogens is 220 g/mol. The van der Waals surface area contributed by atoms with Crippen LogP contribution < -0.4 is 11.1 Å². The third-order valence-corrected chi connectivity index (χ3v) is 2.08. The maximum atomic E-state index is 11.2. The molecule has 1 amide bonds. The van der Waals surface area contributed by atoms with Gasteiger partial charge < -0.3 is 15.8 Å². The molecule has 3 N–H and O–H groups in total. The number of ether oxygens (including phenoxy) is 1. The molecule has 0 rings (SSSR count). The first-order valence-electron chi connectivity index (χ1n) is 5.87. The van der Waals surface area contributed by atoms with E-state index < -0.39 is 0 Å². The number of hydrogen-bond acceptors (Lipinski definition) is 4. The molecule has 0 saturated heterocycles. The zero-order chi connectivity index (χ0) is 13.1. The maximum absolute atomic E-state index is 11.2. The number of nitrogens with two attached hydrogens (primary N) is 1. The first-order chi connectivity index (χ1) is 8.07.